The Morgan fingerprint density at radius 3 is 1.50 bits per heavy atom. The van der Waals surface area contributed by atoms with Crippen molar-refractivity contribution >= 4 is 35.2 Å². The van der Waals surface area contributed by atoms with Crippen LogP contribution >= 0.6 is 7.91 Å². The molecule has 2 radical (unpaired) electrons. The van der Waals surface area contributed by atoms with Crippen LogP contribution in [0.3, 0.4) is 0 Å². The minimum absolute atomic E-state index is 0. The van der Waals surface area contributed by atoms with Gasteiger partial charge in [-0.15, -0.1) is 4.20 Å². The first-order valence-electron chi connectivity index (χ1n) is 0.752. The van der Waals surface area contributed by atoms with Gasteiger partial charge in [-0.25, -0.2) is 4.57 Å². The van der Waals surface area contributed by atoms with E-state index in [0.717, 1.165) is 0 Å². The van der Waals surface area contributed by atoms with Crippen molar-refractivity contribution in [1.82, 2.24) is 0 Å². The Hall–Kier alpha value is 1.00. The van der Waals surface area contributed by atoms with Gasteiger partial charge in [0.1, 0.15) is 0 Å². The Labute approximate surface area is 54.0 Å². The van der Waals surface area contributed by atoms with Gasteiger partial charge in [-0.2, -0.15) is 0 Å². The molecule has 0 saturated heterocycles. The number of hydrogen-bond acceptors (Lipinski definition) is 1. The van der Waals surface area contributed by atoms with Crippen LogP contribution in [-0.2, 0) is 4.57 Å². The normalized spacial score (nSPS) is 9.83. The molecule has 0 rings (SSSR count). The third-order valence-electron chi connectivity index (χ3n) is 0. The van der Waals surface area contributed by atoms with Crippen LogP contribution in [0.15, 0.2) is 0 Å². The first-order valence-corrected chi connectivity index (χ1v) is 2.25. The summed E-state index contributed by atoms with van der Waals surface area (Å²) in [4.78, 5) is 13.9. The number of hydrogen-bond donors (Lipinski definition) is 2. The van der Waals surface area contributed by atoms with Crippen LogP contribution in [0.5, 0.6) is 0 Å². The molecule has 0 aromatic rings. The topological polar surface area (TPSA) is 57.5 Å². The van der Waals surface area contributed by atoms with E-state index in [1.807, 2.05) is 0 Å². The minimum atomic E-state index is -5.14. The van der Waals surface area contributed by atoms with Gasteiger partial charge in [0.25, 0.3) is 0 Å². The third kappa shape index (κ3) is 79.8. The van der Waals surface area contributed by atoms with Gasteiger partial charge in [0.2, 0.25) is 0 Å². The van der Waals surface area contributed by atoms with E-state index in [-0.39, 0.29) is 27.3 Å². The van der Waals surface area contributed by atoms with E-state index in [1.54, 1.807) is 0 Å². The van der Waals surface area contributed by atoms with Gasteiger partial charge in [-0.05, 0) is 0 Å². The predicted octanol–water partition coefficient (Wildman–Crippen LogP) is -0.868. The van der Waals surface area contributed by atoms with Gasteiger partial charge in [0.15, 0.2) is 0 Å². The van der Waals surface area contributed by atoms with Crippen LogP contribution in [0.4, 0.5) is 4.20 Å². The Morgan fingerprint density at radius 2 is 1.50 bits per heavy atom. The van der Waals surface area contributed by atoms with Crippen molar-refractivity contribution in [3.05, 3.63) is 0 Å². The third-order valence-corrected chi connectivity index (χ3v) is 0. The van der Waals surface area contributed by atoms with E-state index in [2.05, 4.69) is 0 Å². The SMILES string of the molecule is O=P(O)(O)F.[PbH2]. The molecule has 0 aliphatic carbocycles. The van der Waals surface area contributed by atoms with Crippen molar-refractivity contribution in [3.63, 3.8) is 0 Å². The summed E-state index contributed by atoms with van der Waals surface area (Å²) in [6, 6.07) is 0. The second-order valence-electron chi connectivity index (χ2n) is 0.473. The molecule has 0 aromatic carbocycles. The summed E-state index contributed by atoms with van der Waals surface area (Å²) >= 11 is 0. The summed E-state index contributed by atoms with van der Waals surface area (Å²) in [7, 11) is -5.14. The zero-order valence-electron chi connectivity index (χ0n) is 2.83. The van der Waals surface area contributed by atoms with Crippen molar-refractivity contribution in [2.45, 2.75) is 0 Å². The van der Waals surface area contributed by atoms with Crippen LogP contribution in [0.2, 0.25) is 0 Å². The van der Waals surface area contributed by atoms with Crippen LogP contribution in [0, 0.1) is 0 Å². The molecule has 2 N–H and O–H groups in total. The van der Waals surface area contributed by atoms with Crippen molar-refractivity contribution in [2.24, 2.45) is 0 Å². The molecule has 0 aliphatic rings. The molecule has 0 unspecified atom stereocenters. The molecule has 6 heavy (non-hydrogen) atoms. The zero-order valence-corrected chi connectivity index (χ0v) is 9.23. The fourth-order valence-electron chi connectivity index (χ4n) is 0. The first kappa shape index (κ1) is 10.1. The van der Waals surface area contributed by atoms with Crippen LogP contribution in [-0.4, -0.2) is 37.1 Å². The summed E-state index contributed by atoms with van der Waals surface area (Å²) in [6.45, 7) is 0. The van der Waals surface area contributed by atoms with Gasteiger partial charge in [0, 0.05) is 0 Å². The second-order valence-corrected chi connectivity index (χ2v) is 1.42. The molecule has 0 atom stereocenters. The summed E-state index contributed by atoms with van der Waals surface area (Å²) in [6.07, 6.45) is 0. The molecule has 0 saturated carbocycles. The summed E-state index contributed by atoms with van der Waals surface area (Å²) < 4.78 is 19.0. The van der Waals surface area contributed by atoms with Gasteiger partial charge < -0.3 is 0 Å². The second kappa shape index (κ2) is 3.06. The Balaban J connectivity index is 0. The summed E-state index contributed by atoms with van der Waals surface area (Å²) in [5.41, 5.74) is 0. The molecule has 0 amide bonds. The van der Waals surface area contributed by atoms with E-state index in [4.69, 9.17) is 14.4 Å². The summed E-state index contributed by atoms with van der Waals surface area (Å²) in [5, 5.41) is 0. The van der Waals surface area contributed by atoms with Crippen molar-refractivity contribution in [3.8, 4) is 0 Å². The fourth-order valence-corrected chi connectivity index (χ4v) is 0. The molecular weight excluding hydrogens is 305 g/mol. The van der Waals surface area contributed by atoms with Crippen LogP contribution in [0.1, 0.15) is 0 Å². The summed E-state index contributed by atoms with van der Waals surface area (Å²) in [5.74, 6) is 0. The van der Waals surface area contributed by atoms with Crippen LogP contribution < -0.4 is 0 Å². The van der Waals surface area contributed by atoms with Gasteiger partial charge in [-0.1, -0.05) is 0 Å². The average Bonchev–Trinajstić information content (AvgIpc) is 0.722. The Bertz CT molecular complexity index is 56.9. The molecule has 0 aliphatic heterocycles. The quantitative estimate of drug-likeness (QED) is 0.452. The molecule has 0 bridgehead atoms. The maximum atomic E-state index is 10.4. The van der Waals surface area contributed by atoms with E-state index in [9.17, 15) is 4.20 Å². The van der Waals surface area contributed by atoms with Gasteiger partial charge >= 0.3 is 35.2 Å². The molecule has 38 valence electrons. The molecule has 6 heteroatoms. The monoisotopic (exact) mass is 310 g/mol. The molecular formula is H4FO3PPb. The first-order chi connectivity index (χ1) is 2.00. The molecule has 0 spiro atoms. The average molecular weight is 309 g/mol. The molecule has 0 heterocycles. The fraction of sp³-hybridized carbons (Fsp3) is 0. The molecule has 0 fully saturated rings. The van der Waals surface area contributed by atoms with Crippen molar-refractivity contribution in [2.75, 3.05) is 0 Å². The van der Waals surface area contributed by atoms with E-state index >= 15 is 0 Å². The van der Waals surface area contributed by atoms with Gasteiger partial charge in [0.05, 0.1) is 0 Å². The maximum absolute atomic E-state index is 10.4. The van der Waals surface area contributed by atoms with E-state index in [0.29, 0.717) is 0 Å². The van der Waals surface area contributed by atoms with E-state index < -0.39 is 7.91 Å². The number of rotatable bonds is 0. The standard InChI is InChI=1S/FH2O3P.Pb.2H/c1-5(2,3)4;;;/h(H2,2,3,4);;;. The van der Waals surface area contributed by atoms with Crippen LogP contribution in [0.25, 0.3) is 0 Å². The Kier molecular flexibility index (Phi) is 5.15. The predicted molar refractivity (Wildman–Crippen MR) is 21.7 cm³/mol. The number of halogens is 1. The van der Waals surface area contributed by atoms with E-state index in [1.165, 1.54) is 0 Å². The zero-order chi connectivity index (χ0) is 4.50. The molecule has 3 nitrogen and oxygen atoms in total. The Morgan fingerprint density at radius 1 is 1.50 bits per heavy atom. The van der Waals surface area contributed by atoms with Crippen molar-refractivity contribution in [1.29, 1.82) is 0 Å². The molecule has 0 aromatic heterocycles. The van der Waals surface area contributed by atoms with Crippen molar-refractivity contribution < 1.29 is 18.5 Å². The van der Waals surface area contributed by atoms with Gasteiger partial charge in [-0.3, -0.25) is 9.79 Å².